The highest BCUT2D eigenvalue weighted by atomic mass is 79.9. The summed E-state index contributed by atoms with van der Waals surface area (Å²) in [7, 11) is 0. The minimum atomic E-state index is 0.535. The van der Waals surface area contributed by atoms with E-state index in [2.05, 4.69) is 38.3 Å². The second kappa shape index (κ2) is 5.93. The molecular weight excluding hydrogens is 282 g/mol. The number of halogens is 1. The minimum Gasteiger partial charge on any atom is -0.425 e. The normalized spacial score (nSPS) is 10.7. The summed E-state index contributed by atoms with van der Waals surface area (Å²) >= 11 is 3.45. The Labute approximate surface area is 108 Å². The van der Waals surface area contributed by atoms with Gasteiger partial charge in [-0.1, -0.05) is 28.1 Å². The summed E-state index contributed by atoms with van der Waals surface area (Å²) in [5.41, 5.74) is 6.67. The third-order valence-corrected chi connectivity index (χ3v) is 2.88. The van der Waals surface area contributed by atoms with Crippen molar-refractivity contribution in [2.24, 2.45) is 5.73 Å². The van der Waals surface area contributed by atoms with Gasteiger partial charge in [0, 0.05) is 23.9 Å². The van der Waals surface area contributed by atoms with E-state index in [1.54, 1.807) is 0 Å². The van der Waals surface area contributed by atoms with Gasteiger partial charge in [0.05, 0.1) is 0 Å². The van der Waals surface area contributed by atoms with Gasteiger partial charge in [-0.2, -0.15) is 0 Å². The van der Waals surface area contributed by atoms with E-state index in [9.17, 15) is 0 Å². The summed E-state index contributed by atoms with van der Waals surface area (Å²) in [6.45, 7) is 0.535. The molecule has 2 N–H and O–H groups in total. The lowest BCUT2D eigenvalue weighted by molar-refractivity contribution is 0.450. The molecule has 0 saturated carbocycles. The van der Waals surface area contributed by atoms with Crippen LogP contribution >= 0.6 is 15.9 Å². The van der Waals surface area contributed by atoms with Crippen molar-refractivity contribution in [2.75, 3.05) is 6.54 Å². The van der Waals surface area contributed by atoms with Crippen molar-refractivity contribution in [3.63, 3.8) is 0 Å². The zero-order valence-corrected chi connectivity index (χ0v) is 11.0. The molecule has 5 heteroatoms. The van der Waals surface area contributed by atoms with Crippen LogP contribution in [0.1, 0.15) is 17.3 Å². The first-order valence-electron chi connectivity index (χ1n) is 5.53. The Bertz CT molecular complexity index is 484. The Balaban J connectivity index is 1.93. The quantitative estimate of drug-likeness (QED) is 0.918. The van der Waals surface area contributed by atoms with Gasteiger partial charge in [-0.3, -0.25) is 0 Å². The minimum absolute atomic E-state index is 0.535. The average Bonchev–Trinajstić information content (AvgIpc) is 2.75. The summed E-state index contributed by atoms with van der Waals surface area (Å²) in [5, 5.41) is 7.92. The lowest BCUT2D eigenvalue weighted by atomic mass is 10.1. The highest BCUT2D eigenvalue weighted by molar-refractivity contribution is 9.10. The maximum absolute atomic E-state index is 5.46. The zero-order chi connectivity index (χ0) is 12.1. The molecule has 1 aromatic heterocycles. The number of aromatic nitrogens is 2. The highest BCUT2D eigenvalue weighted by Crippen LogP contribution is 2.13. The highest BCUT2D eigenvalue weighted by Gasteiger charge is 2.05. The van der Waals surface area contributed by atoms with Gasteiger partial charge in [0.15, 0.2) is 0 Å². The Morgan fingerprint density at radius 1 is 1.12 bits per heavy atom. The van der Waals surface area contributed by atoms with Crippen molar-refractivity contribution in [3.8, 4) is 0 Å². The summed E-state index contributed by atoms with van der Waals surface area (Å²) in [6, 6.07) is 8.21. The second-order valence-corrected chi connectivity index (χ2v) is 4.67. The molecule has 2 aromatic rings. The van der Waals surface area contributed by atoms with E-state index in [0.29, 0.717) is 24.7 Å². The van der Waals surface area contributed by atoms with Crippen LogP contribution in [-0.4, -0.2) is 16.7 Å². The molecule has 0 bridgehead atoms. The molecule has 0 aliphatic rings. The molecule has 0 amide bonds. The third kappa shape index (κ3) is 3.64. The molecule has 0 aliphatic carbocycles. The van der Waals surface area contributed by atoms with Crippen LogP contribution in [0.15, 0.2) is 33.2 Å². The van der Waals surface area contributed by atoms with Gasteiger partial charge < -0.3 is 10.2 Å². The van der Waals surface area contributed by atoms with Crippen molar-refractivity contribution in [1.82, 2.24) is 10.2 Å². The van der Waals surface area contributed by atoms with Crippen molar-refractivity contribution >= 4 is 15.9 Å². The molecule has 90 valence electrons. The second-order valence-electron chi connectivity index (χ2n) is 3.76. The topological polar surface area (TPSA) is 64.9 Å². The first-order chi connectivity index (χ1) is 8.28. The predicted octanol–water partition coefficient (Wildman–Crippen LogP) is 2.12. The summed E-state index contributed by atoms with van der Waals surface area (Å²) < 4.78 is 6.55. The molecule has 0 aliphatic heterocycles. The van der Waals surface area contributed by atoms with Gasteiger partial charge in [-0.25, -0.2) is 0 Å². The maximum Gasteiger partial charge on any atom is 0.217 e. The molecule has 4 nitrogen and oxygen atoms in total. The average molecular weight is 296 g/mol. The van der Waals surface area contributed by atoms with Crippen LogP contribution in [0.3, 0.4) is 0 Å². The molecule has 2 rings (SSSR count). The lowest BCUT2D eigenvalue weighted by Gasteiger charge is -1.98. The first-order valence-corrected chi connectivity index (χ1v) is 6.33. The standard InChI is InChI=1S/C12H14BrN3O/c13-10-3-1-2-9(8-10)4-5-11-15-16-12(17-11)6-7-14/h1-3,8H,4-7,14H2. The van der Waals surface area contributed by atoms with E-state index in [-0.39, 0.29) is 0 Å². The van der Waals surface area contributed by atoms with E-state index in [4.69, 9.17) is 10.2 Å². The molecule has 0 spiro atoms. The summed E-state index contributed by atoms with van der Waals surface area (Å²) in [5.74, 6) is 1.30. The van der Waals surface area contributed by atoms with E-state index in [1.165, 1.54) is 5.56 Å². The van der Waals surface area contributed by atoms with E-state index >= 15 is 0 Å². The molecule has 0 saturated heterocycles. The Morgan fingerprint density at radius 3 is 2.59 bits per heavy atom. The van der Waals surface area contributed by atoms with Crippen LogP contribution in [0.25, 0.3) is 0 Å². The van der Waals surface area contributed by atoms with Crippen LogP contribution < -0.4 is 5.73 Å². The third-order valence-electron chi connectivity index (χ3n) is 2.38. The van der Waals surface area contributed by atoms with Gasteiger partial charge in [0.2, 0.25) is 11.8 Å². The first kappa shape index (κ1) is 12.3. The molecule has 17 heavy (non-hydrogen) atoms. The number of rotatable bonds is 5. The van der Waals surface area contributed by atoms with Crippen LogP contribution in [-0.2, 0) is 19.3 Å². The molecule has 0 radical (unpaired) electrons. The van der Waals surface area contributed by atoms with Crippen LogP contribution in [0.4, 0.5) is 0 Å². The number of benzene rings is 1. The van der Waals surface area contributed by atoms with Gasteiger partial charge in [0.25, 0.3) is 0 Å². The smallest absolute Gasteiger partial charge is 0.217 e. The number of aryl methyl sites for hydroxylation is 2. The monoisotopic (exact) mass is 295 g/mol. The van der Waals surface area contributed by atoms with Crippen LogP contribution in [0.5, 0.6) is 0 Å². The van der Waals surface area contributed by atoms with Crippen molar-refractivity contribution in [3.05, 3.63) is 46.1 Å². The summed E-state index contributed by atoms with van der Waals surface area (Å²) in [4.78, 5) is 0. The van der Waals surface area contributed by atoms with Crippen LogP contribution in [0, 0.1) is 0 Å². The predicted molar refractivity (Wildman–Crippen MR) is 68.6 cm³/mol. The molecular formula is C12H14BrN3O. The molecule has 0 fully saturated rings. The maximum atomic E-state index is 5.46. The van der Waals surface area contributed by atoms with Gasteiger partial charge in [-0.05, 0) is 24.1 Å². The van der Waals surface area contributed by atoms with Crippen molar-refractivity contribution in [2.45, 2.75) is 19.3 Å². The van der Waals surface area contributed by atoms with Crippen molar-refractivity contribution < 1.29 is 4.42 Å². The fourth-order valence-electron chi connectivity index (χ4n) is 1.56. The van der Waals surface area contributed by atoms with Crippen molar-refractivity contribution in [1.29, 1.82) is 0 Å². The number of nitrogens with two attached hydrogens (primary N) is 1. The van der Waals surface area contributed by atoms with Gasteiger partial charge in [0.1, 0.15) is 0 Å². The fraction of sp³-hybridized carbons (Fsp3) is 0.333. The van der Waals surface area contributed by atoms with Gasteiger partial charge >= 0.3 is 0 Å². The van der Waals surface area contributed by atoms with Crippen LogP contribution in [0.2, 0.25) is 0 Å². The van der Waals surface area contributed by atoms with E-state index in [1.807, 2.05) is 12.1 Å². The fourth-order valence-corrected chi connectivity index (χ4v) is 2.00. The molecule has 1 heterocycles. The Hall–Kier alpha value is -1.20. The largest absolute Gasteiger partial charge is 0.425 e. The van der Waals surface area contributed by atoms with E-state index in [0.717, 1.165) is 17.3 Å². The lowest BCUT2D eigenvalue weighted by Crippen LogP contribution is -2.02. The van der Waals surface area contributed by atoms with Gasteiger partial charge in [-0.15, -0.1) is 10.2 Å². The zero-order valence-electron chi connectivity index (χ0n) is 9.40. The molecule has 1 aromatic carbocycles. The summed E-state index contributed by atoms with van der Waals surface area (Å²) in [6.07, 6.45) is 2.29. The number of nitrogens with zero attached hydrogens (tertiary/aromatic N) is 2. The number of hydrogen-bond donors (Lipinski definition) is 1. The molecule has 0 unspecified atom stereocenters. The molecule has 0 atom stereocenters. The Kier molecular flexibility index (Phi) is 4.28. The SMILES string of the molecule is NCCc1nnc(CCc2cccc(Br)c2)o1. The number of hydrogen-bond acceptors (Lipinski definition) is 4. The Morgan fingerprint density at radius 2 is 1.88 bits per heavy atom. The van der Waals surface area contributed by atoms with E-state index < -0.39 is 0 Å².